The maximum atomic E-state index is 5.74. The Balaban J connectivity index is -0.000000165. The van der Waals surface area contributed by atoms with Gasteiger partial charge in [0.05, 0.1) is 0 Å². The Morgan fingerprint density at radius 1 is 0.778 bits per heavy atom. The van der Waals surface area contributed by atoms with Gasteiger partial charge in [0, 0.05) is 4.47 Å². The molecule has 0 aliphatic heterocycles. The molecule has 0 bridgehead atoms. The van der Waals surface area contributed by atoms with Crippen LogP contribution in [0.4, 0.5) is 0 Å². The zero-order chi connectivity index (χ0) is 20.4. The molecule has 0 radical (unpaired) electrons. The molecular weight excluding hydrogens is 641 g/mol. The first-order valence-electron chi connectivity index (χ1n) is 8.66. The fourth-order valence-electron chi connectivity index (χ4n) is 1.72. The first-order valence-corrected chi connectivity index (χ1v) is 31.6. The second-order valence-corrected chi connectivity index (χ2v) is 42.7. The van der Waals surface area contributed by atoms with Gasteiger partial charge in [0.2, 0.25) is 0 Å². The molecule has 0 unspecified atom stereocenters. The molecule has 27 heavy (non-hydrogen) atoms. The van der Waals surface area contributed by atoms with Crippen LogP contribution in [0.25, 0.3) is 12.2 Å². The molecule has 0 fully saturated rings. The van der Waals surface area contributed by atoms with Crippen molar-refractivity contribution >= 4 is 99.3 Å². The quantitative estimate of drug-likeness (QED) is 0.291. The van der Waals surface area contributed by atoms with Crippen molar-refractivity contribution < 1.29 is 2.85 Å². The molecule has 0 heterocycles. The third-order valence-electron chi connectivity index (χ3n) is 3.12. The molecule has 0 saturated heterocycles. The van der Waals surface area contributed by atoms with Crippen molar-refractivity contribution in [1.29, 1.82) is 0 Å². The van der Waals surface area contributed by atoms with Crippen LogP contribution in [0, 0.1) is 0 Å². The number of rotatable bonds is 3. The van der Waals surface area contributed by atoms with E-state index in [2.05, 4.69) is 83.0 Å². The second kappa shape index (κ2) is 14.9. The monoisotopic (exact) mass is 676 g/mol. The standard InChI is InChI=1S/C8H7Br.C8H7.6CH3.ClH.Mg.2Sn.2H/c1-2-7-3-5-8(9)6-4-7;1-2-8-6-4-3-5-7-8;;;;;;;;;;;;/h2-6H,1H2;2,4-7H,1H2;6*1H3;1H;;;;;/q;;;;;;;;;+2;;+1;2*-1/p-1. The molecule has 0 aliphatic rings. The van der Waals surface area contributed by atoms with Crippen LogP contribution in [-0.2, 0) is 0 Å². The van der Waals surface area contributed by atoms with Gasteiger partial charge in [0.25, 0.3) is 0 Å². The number of benzene rings is 2. The van der Waals surface area contributed by atoms with E-state index in [0.29, 0.717) is 0 Å². The molecule has 2 aromatic carbocycles. The number of halogens is 2. The van der Waals surface area contributed by atoms with Crippen LogP contribution in [-0.4, -0.2) is 58.7 Å². The van der Waals surface area contributed by atoms with Crippen molar-refractivity contribution in [3.63, 3.8) is 0 Å². The van der Waals surface area contributed by atoms with E-state index in [1.165, 1.54) is 5.56 Å². The van der Waals surface area contributed by atoms with E-state index in [0.717, 1.165) is 10.0 Å². The molecule has 0 amide bonds. The van der Waals surface area contributed by atoms with E-state index in [9.17, 15) is 0 Å². The van der Waals surface area contributed by atoms with Crippen molar-refractivity contribution in [1.82, 2.24) is 0 Å². The first kappa shape index (κ1) is 30.2. The number of hydrogen-bond acceptors (Lipinski definition) is 0. The van der Waals surface area contributed by atoms with Crippen LogP contribution in [0.2, 0.25) is 29.6 Å². The van der Waals surface area contributed by atoms with E-state index >= 15 is 0 Å². The van der Waals surface area contributed by atoms with Gasteiger partial charge in [-0.25, -0.2) is 0 Å². The predicted molar refractivity (Wildman–Crippen MR) is 141 cm³/mol. The van der Waals surface area contributed by atoms with Crippen molar-refractivity contribution in [2.24, 2.45) is 0 Å². The largest absolute Gasteiger partial charge is 2.00 e. The SMILES string of the molecule is C=Cc1cc[c]([Sn]([CH3])([CH3])[CH3])cc1.C=Cc1ccc(Br)cc1.[CH3][Sn]([CH3])([CH3])[Cl].[H-].[H-].[Mg+2]. The third kappa shape index (κ3) is 17.6. The molecule has 2 aromatic rings. The Labute approximate surface area is 206 Å². The van der Waals surface area contributed by atoms with Crippen LogP contribution in [0.5, 0.6) is 0 Å². The van der Waals surface area contributed by atoms with Crippen LogP contribution in [0.3, 0.4) is 0 Å². The van der Waals surface area contributed by atoms with Gasteiger partial charge in [0.1, 0.15) is 0 Å². The van der Waals surface area contributed by atoms with E-state index < -0.39 is 35.6 Å². The van der Waals surface area contributed by atoms with Gasteiger partial charge in [0.15, 0.2) is 0 Å². The molecule has 0 aromatic heterocycles. The molecule has 2 rings (SSSR count). The van der Waals surface area contributed by atoms with Gasteiger partial charge in [-0.1, -0.05) is 40.7 Å². The van der Waals surface area contributed by atoms with E-state index in [1.807, 2.05) is 36.4 Å². The van der Waals surface area contributed by atoms with Crippen LogP contribution >= 0.6 is 24.9 Å². The van der Waals surface area contributed by atoms with Gasteiger partial charge in [-0.15, -0.1) is 0 Å². The minimum absolute atomic E-state index is 0. The van der Waals surface area contributed by atoms with Crippen molar-refractivity contribution in [3.8, 4) is 0 Å². The zero-order valence-electron chi connectivity index (χ0n) is 19.7. The van der Waals surface area contributed by atoms with E-state index in [4.69, 9.17) is 8.92 Å². The fraction of sp³-hybridized carbons (Fsp3) is 0.273. The van der Waals surface area contributed by atoms with Crippen molar-refractivity contribution in [3.05, 3.63) is 77.3 Å². The second-order valence-electron chi connectivity index (χ2n) is 7.90. The minimum atomic E-state index is -1.80. The van der Waals surface area contributed by atoms with Gasteiger partial charge < -0.3 is 2.85 Å². The predicted octanol–water partition coefficient (Wildman–Crippen LogP) is 7.87. The van der Waals surface area contributed by atoms with Crippen LogP contribution in [0.15, 0.2) is 66.2 Å². The Kier molecular flexibility index (Phi) is 16.7. The Morgan fingerprint density at radius 2 is 1.07 bits per heavy atom. The van der Waals surface area contributed by atoms with E-state index in [-0.39, 0.29) is 25.9 Å². The average Bonchev–Trinajstić information content (AvgIpc) is 2.54. The van der Waals surface area contributed by atoms with Crippen LogP contribution < -0.4 is 3.58 Å². The molecular formula is C22H34BrClMgSn2. The summed E-state index contributed by atoms with van der Waals surface area (Å²) in [5, 5.41) is 0. The van der Waals surface area contributed by atoms with Gasteiger partial charge >= 0.3 is 143 Å². The summed E-state index contributed by atoms with van der Waals surface area (Å²) < 4.78 is 2.68. The summed E-state index contributed by atoms with van der Waals surface area (Å²) in [4.78, 5) is 13.8. The number of hydrogen-bond donors (Lipinski definition) is 0. The maximum absolute atomic E-state index is 5.74. The summed E-state index contributed by atoms with van der Waals surface area (Å²) in [6, 6.07) is 16.8. The topological polar surface area (TPSA) is 0 Å². The Morgan fingerprint density at radius 3 is 1.33 bits per heavy atom. The van der Waals surface area contributed by atoms with E-state index in [1.54, 1.807) is 3.58 Å². The molecule has 0 spiro atoms. The normalized spacial score (nSPS) is 10.2. The molecule has 0 N–H and O–H groups in total. The van der Waals surface area contributed by atoms with Gasteiger partial charge in [-0.05, 0) is 17.7 Å². The van der Waals surface area contributed by atoms with Gasteiger partial charge in [-0.3, -0.25) is 0 Å². The smallest absolute Gasteiger partial charge is 1.00 e. The molecule has 0 nitrogen and oxygen atoms in total. The zero-order valence-corrected chi connectivity index (χ0v) is 27.1. The van der Waals surface area contributed by atoms with Gasteiger partial charge in [-0.2, -0.15) is 0 Å². The van der Waals surface area contributed by atoms with Crippen LogP contribution in [0.1, 0.15) is 14.0 Å². The Hall–Kier alpha value is 1.05. The molecule has 146 valence electrons. The summed E-state index contributed by atoms with van der Waals surface area (Å²) in [7, 11) is 5.74. The molecule has 5 heteroatoms. The summed E-state index contributed by atoms with van der Waals surface area (Å²) in [6.45, 7) is 7.39. The first-order chi connectivity index (χ1) is 11.9. The molecule has 0 saturated carbocycles. The Bertz CT molecular complexity index is 674. The summed E-state index contributed by atoms with van der Waals surface area (Å²) in [5.74, 6) is 0. The summed E-state index contributed by atoms with van der Waals surface area (Å²) >= 11 is -0.164. The minimum Gasteiger partial charge on any atom is -1.00 e. The average molecular weight is 676 g/mol. The third-order valence-corrected chi connectivity index (χ3v) is 9.54. The maximum Gasteiger partial charge on any atom is 2.00 e. The van der Waals surface area contributed by atoms with Crippen molar-refractivity contribution in [2.75, 3.05) is 0 Å². The molecule has 0 aliphatic carbocycles. The summed E-state index contributed by atoms with van der Waals surface area (Å²) in [5.41, 5.74) is 2.37. The molecule has 0 atom stereocenters. The van der Waals surface area contributed by atoms with Crippen molar-refractivity contribution in [2.45, 2.75) is 29.6 Å². The summed E-state index contributed by atoms with van der Waals surface area (Å²) in [6.07, 6.45) is 3.72. The fourth-order valence-corrected chi connectivity index (χ4v) is 5.31.